The molecule has 0 aromatic carbocycles. The van der Waals surface area contributed by atoms with Crippen molar-refractivity contribution in [3.05, 3.63) is 0 Å². The molecule has 0 aliphatic rings. The lowest BCUT2D eigenvalue weighted by molar-refractivity contribution is 3.18. The van der Waals surface area contributed by atoms with Crippen molar-refractivity contribution in [3.8, 4) is 0 Å². The average molecular weight is 573 g/mol. The maximum Gasteiger partial charge on any atom is 0 e. The van der Waals surface area contributed by atoms with Gasteiger partial charge in [0.1, 0.15) is 0 Å². The van der Waals surface area contributed by atoms with Crippen LogP contribution >= 0.6 is 0 Å². The average Bonchev–Trinajstić information content (AvgIpc) is 2.93. The van der Waals surface area contributed by atoms with Crippen LogP contribution < -0.4 is 0 Å². The fourth-order valence-corrected chi connectivity index (χ4v) is 8.98. The van der Waals surface area contributed by atoms with Crippen LogP contribution in [0.3, 0.4) is 0 Å². The molecule has 55 radical (unpaired) electrons. The highest BCUT2D eigenvalue weighted by Gasteiger charge is 2.60. The SMILES string of the molecule is [B][B]B(B([B])[B])B(B(B([B])[B])B([B])[B])B(B(B([B])[B])B([B])[B])B(B(B(B([B])[B])B([B])[B])B(B([B])[B])B([B])[B])B(B(B([B])[B])B([B])[B])B(B([B])[B])B([B])[B]. The van der Waals surface area contributed by atoms with Crippen LogP contribution in [0.4, 0.5) is 0 Å². The van der Waals surface area contributed by atoms with Crippen LogP contribution in [-0.4, -0.2) is 376 Å². The maximum absolute atomic E-state index is 6.56. The van der Waals surface area contributed by atoms with Crippen LogP contribution in [0.5, 0.6) is 0 Å². The smallest absolute Gasteiger partial charge is 0 e. The van der Waals surface area contributed by atoms with Crippen LogP contribution in [0.2, 0.25) is 0 Å². The van der Waals surface area contributed by atoms with Gasteiger partial charge >= 0.3 is 0 Å². The molecule has 53 heavy (non-hydrogen) atoms. The molecule has 159 valence electrons. The normalized spacial score (nSPS) is 9.66. The Morgan fingerprint density at radius 1 is 0.170 bits per heavy atom. The lowest BCUT2D eigenvalue weighted by Crippen LogP contribution is -2.95. The van der Waals surface area contributed by atoms with E-state index in [9.17, 15) is 0 Å². The first kappa shape index (κ1) is 56.4. The van der Waals surface area contributed by atoms with Crippen LogP contribution in [0, 0.1) is 0 Å². The summed E-state index contributed by atoms with van der Waals surface area (Å²) in [4.78, 5) is 0. The van der Waals surface area contributed by atoms with Crippen molar-refractivity contribution in [2.75, 3.05) is 0 Å². The van der Waals surface area contributed by atoms with E-state index in [0.717, 1.165) is 0 Å². The molecule has 53 heteroatoms. The zero-order valence-electron chi connectivity index (χ0n) is 30.6. The Hall–Kier alpha value is 3.44. The Bertz CT molecular complexity index is 792. The van der Waals surface area contributed by atoms with Crippen LogP contribution in [0.1, 0.15) is 0 Å². The third-order valence-electron chi connectivity index (χ3n) is 10.9. The highest BCUT2D eigenvalue weighted by molar-refractivity contribution is 8.36. The molecule has 0 fully saturated rings. The summed E-state index contributed by atoms with van der Waals surface area (Å²) in [5, 5.41) is 0. The molecule has 0 aromatic rings. The molecule has 0 rings (SSSR count). The molecule has 0 bridgehead atoms. The Labute approximate surface area is 372 Å². The van der Waals surface area contributed by atoms with Gasteiger partial charge in [-0.15, -0.1) is 0 Å². The molecular weight excluding hydrogens is 573 g/mol. The van der Waals surface area contributed by atoms with Gasteiger partial charge in [0.25, 0.3) is 0 Å². The second-order valence-corrected chi connectivity index (χ2v) is 14.6. The molecule has 0 saturated heterocycles. The van der Waals surface area contributed by atoms with Gasteiger partial charge in [-0.1, -0.05) is 0 Å². The van der Waals surface area contributed by atoms with Gasteiger partial charge in [0.15, 0.2) is 0 Å². The molecular formula is B53. The van der Waals surface area contributed by atoms with Gasteiger partial charge in [-0.2, -0.15) is 0 Å². The van der Waals surface area contributed by atoms with Gasteiger partial charge < -0.3 is 0 Å². The summed E-state index contributed by atoms with van der Waals surface area (Å²) in [5.74, 6) is 0. The van der Waals surface area contributed by atoms with E-state index in [0.29, 0.717) is 0 Å². The van der Waals surface area contributed by atoms with Crippen molar-refractivity contribution in [1.29, 1.82) is 0 Å². The Morgan fingerprint density at radius 3 is 0.434 bits per heavy atom. The van der Waals surface area contributed by atoms with Gasteiger partial charge in [0.2, 0.25) is 0 Å². The molecule has 0 amide bonds. The first-order valence-electron chi connectivity index (χ1n) is 17.3. The van der Waals surface area contributed by atoms with E-state index in [2.05, 4.69) is 0 Å². The van der Waals surface area contributed by atoms with E-state index in [1.54, 1.807) is 0 Å². The summed E-state index contributed by atoms with van der Waals surface area (Å²) in [6, 6.07) is 0. The van der Waals surface area contributed by atoms with E-state index in [1.807, 2.05) is 0 Å². The number of hydrogen-bond acceptors (Lipinski definition) is 0. The van der Waals surface area contributed by atoms with Gasteiger partial charge in [0, 0.05) is 376 Å². The monoisotopic (exact) mass is 583 g/mol. The molecule has 0 saturated carbocycles. The van der Waals surface area contributed by atoms with Gasteiger partial charge in [-0.25, -0.2) is 0 Å². The molecule has 0 aliphatic carbocycles. The predicted molar refractivity (Wildman–Crippen MR) is 305 cm³/mol. The van der Waals surface area contributed by atoms with E-state index in [1.165, 1.54) is 7.06 Å². The first-order chi connectivity index (χ1) is 24.1. The van der Waals surface area contributed by atoms with Crippen molar-refractivity contribution in [3.63, 3.8) is 0 Å². The summed E-state index contributed by atoms with van der Waals surface area (Å²) in [7, 11) is 176. The summed E-state index contributed by atoms with van der Waals surface area (Å²) in [6.07, 6.45) is -32.6. The standard InChI is InChI=1S/B53/c1-28-42(29(2)3)49(43(30(4)5)31(6)7)52(48(40(24)25)41(26)27)53(50(44(32(8)9)33(10)11)45(34(12)13)35(14)15)51(46(36(16)17)37(18)19)47(38(20)21)39(22)23. The van der Waals surface area contributed by atoms with E-state index < -0.39 is 160 Å². The lowest BCUT2D eigenvalue weighted by Gasteiger charge is -2.57. The van der Waals surface area contributed by atoms with Crippen LogP contribution in [-0.2, 0) is 0 Å². The van der Waals surface area contributed by atoms with Crippen LogP contribution in [0.15, 0.2) is 0 Å². The predicted octanol–water partition coefficient (Wildman–Crippen LogP) is -20.2. The third-order valence-corrected chi connectivity index (χ3v) is 10.9. The van der Waals surface area contributed by atoms with Crippen molar-refractivity contribution in [2.24, 2.45) is 0 Å². The topological polar surface area (TPSA) is 0 Å². The summed E-state index contributed by atoms with van der Waals surface area (Å²) in [5.41, 5.74) is 0. The quantitative estimate of drug-likeness (QED) is 0.0954. The van der Waals surface area contributed by atoms with Gasteiger partial charge in [-0.3, -0.25) is 0 Å². The number of rotatable bonds is 25. The van der Waals surface area contributed by atoms with Crippen molar-refractivity contribution in [1.82, 2.24) is 0 Å². The molecule has 0 heterocycles. The highest BCUT2D eigenvalue weighted by Crippen LogP contribution is 2.22. The van der Waals surface area contributed by atoms with E-state index >= 15 is 0 Å². The molecule has 0 unspecified atom stereocenters. The summed E-state index contributed by atoms with van der Waals surface area (Å²) in [6.45, 7) is 0. The molecule has 0 N–H and O–H groups in total. The minimum atomic E-state index is -1.40. The maximum atomic E-state index is 6.56. The highest BCUT2D eigenvalue weighted by atomic mass is 13.4. The molecule has 0 aliphatic heterocycles. The molecule has 0 aromatic heterocycles. The van der Waals surface area contributed by atoms with Crippen molar-refractivity contribution in [2.45, 2.75) is 0 Å². The second-order valence-electron chi connectivity index (χ2n) is 14.6. The largest absolute Gasteiger partial charge is 0 e. The second kappa shape index (κ2) is 26.0. The minimum absolute atomic E-state index is 1.11. The fraction of sp³-hybridized carbons (Fsp3) is 0. The zero-order valence-corrected chi connectivity index (χ0v) is 30.6. The Morgan fingerprint density at radius 2 is 0.302 bits per heavy atom. The Kier molecular flexibility index (Phi) is 27.7. The van der Waals surface area contributed by atoms with Crippen LogP contribution in [0.25, 0.3) is 0 Å². The summed E-state index contributed by atoms with van der Waals surface area (Å²) < 4.78 is 0. The molecule has 0 atom stereocenters. The van der Waals surface area contributed by atoms with E-state index in [4.69, 9.17) is 209 Å². The third kappa shape index (κ3) is 15.4. The summed E-state index contributed by atoms with van der Waals surface area (Å²) >= 11 is 0. The molecule has 0 spiro atoms. The van der Waals surface area contributed by atoms with Crippen molar-refractivity contribution >= 4 is 376 Å². The lowest BCUT2D eigenvalue weighted by atomic mass is 8.24. The van der Waals surface area contributed by atoms with Gasteiger partial charge in [0.05, 0.1) is 0 Å². The minimum Gasteiger partial charge on any atom is 0 e. The zero-order chi connectivity index (χ0) is 42.1. The van der Waals surface area contributed by atoms with E-state index in [-0.39, 0.29) is 0 Å². The first-order valence-corrected chi connectivity index (χ1v) is 17.3. The van der Waals surface area contributed by atoms with Gasteiger partial charge in [-0.05, 0) is 0 Å². The van der Waals surface area contributed by atoms with Crippen molar-refractivity contribution < 1.29 is 0 Å². The Balaban J connectivity index is 9.85. The fourth-order valence-electron chi connectivity index (χ4n) is 8.98. The number of hydrogen-bond donors (Lipinski definition) is 0. The molecule has 0 nitrogen and oxygen atoms in total.